The van der Waals surface area contributed by atoms with E-state index in [1.54, 1.807) is 24.3 Å². The molecule has 0 aromatic heterocycles. The summed E-state index contributed by atoms with van der Waals surface area (Å²) in [5.41, 5.74) is 0.613. The van der Waals surface area contributed by atoms with Crippen LogP contribution in [0.1, 0.15) is 5.56 Å². The maximum Gasteiger partial charge on any atom is 0.275 e. The van der Waals surface area contributed by atoms with Crippen molar-refractivity contribution in [2.24, 2.45) is 0 Å². The Morgan fingerprint density at radius 2 is 2.05 bits per heavy atom. The molecule has 0 saturated heterocycles. The highest BCUT2D eigenvalue weighted by Gasteiger charge is 2.14. The second-order valence-electron chi connectivity index (χ2n) is 4.01. The monoisotopic (exact) mass is 358 g/mol. The average Bonchev–Trinajstić information content (AvgIpc) is 2.38. The summed E-state index contributed by atoms with van der Waals surface area (Å²) in [6.07, 6.45) is 0. The second-order valence-corrected chi connectivity index (χ2v) is 5.36. The fourth-order valence-electron chi connectivity index (χ4n) is 1.68. The largest absolute Gasteiger partial charge is 0.378 e. The summed E-state index contributed by atoms with van der Waals surface area (Å²) in [6.45, 7) is 0.131. The molecule has 0 spiro atoms. The molecule has 104 valence electrons. The van der Waals surface area contributed by atoms with E-state index in [-0.39, 0.29) is 22.9 Å². The van der Waals surface area contributed by atoms with Crippen molar-refractivity contribution in [3.05, 3.63) is 67.4 Å². The molecule has 7 heteroatoms. The molecule has 0 aliphatic carbocycles. The Kier molecular flexibility index (Phi) is 4.57. The van der Waals surface area contributed by atoms with Gasteiger partial charge in [-0.05, 0) is 30.3 Å². The molecule has 2 aromatic carbocycles. The number of nitro groups is 1. The zero-order valence-electron chi connectivity index (χ0n) is 10.1. The molecule has 2 rings (SSSR count). The van der Waals surface area contributed by atoms with Crippen molar-refractivity contribution >= 4 is 38.9 Å². The van der Waals surface area contributed by atoms with Gasteiger partial charge in [-0.15, -0.1) is 0 Å². The van der Waals surface area contributed by atoms with Crippen molar-refractivity contribution in [2.45, 2.75) is 6.54 Å². The lowest BCUT2D eigenvalue weighted by atomic mass is 10.1. The Bertz CT molecular complexity index is 667. The highest BCUT2D eigenvalue weighted by Crippen LogP contribution is 2.25. The van der Waals surface area contributed by atoms with Gasteiger partial charge in [-0.2, -0.15) is 0 Å². The molecule has 0 saturated carbocycles. The Labute approximate surface area is 127 Å². The molecular formula is C13H9BrClFN2O2. The second kappa shape index (κ2) is 6.19. The minimum atomic E-state index is -0.513. The van der Waals surface area contributed by atoms with Gasteiger partial charge in [0.2, 0.25) is 0 Å². The van der Waals surface area contributed by atoms with Crippen molar-refractivity contribution < 1.29 is 9.31 Å². The molecule has 1 N–H and O–H groups in total. The third kappa shape index (κ3) is 3.46. The van der Waals surface area contributed by atoms with Crippen LogP contribution in [0.3, 0.4) is 0 Å². The molecular weight excluding hydrogens is 351 g/mol. The van der Waals surface area contributed by atoms with Crippen LogP contribution in [0.25, 0.3) is 0 Å². The van der Waals surface area contributed by atoms with E-state index in [1.165, 1.54) is 12.1 Å². The van der Waals surface area contributed by atoms with E-state index in [2.05, 4.69) is 21.2 Å². The summed E-state index contributed by atoms with van der Waals surface area (Å²) in [5.74, 6) is -0.434. The zero-order chi connectivity index (χ0) is 14.7. The third-order valence-electron chi connectivity index (χ3n) is 2.64. The first-order chi connectivity index (χ1) is 9.47. The molecule has 20 heavy (non-hydrogen) atoms. The normalized spacial score (nSPS) is 10.3. The predicted octanol–water partition coefficient (Wildman–Crippen LogP) is 4.76. The van der Waals surface area contributed by atoms with Gasteiger partial charge in [0.15, 0.2) is 0 Å². The molecule has 0 amide bonds. The van der Waals surface area contributed by atoms with Gasteiger partial charge in [0.25, 0.3) is 5.69 Å². The van der Waals surface area contributed by atoms with E-state index < -0.39 is 10.7 Å². The van der Waals surface area contributed by atoms with Gasteiger partial charge < -0.3 is 5.32 Å². The molecule has 0 unspecified atom stereocenters. The Morgan fingerprint density at radius 3 is 2.70 bits per heavy atom. The van der Waals surface area contributed by atoms with Gasteiger partial charge in [0.05, 0.1) is 10.6 Å². The van der Waals surface area contributed by atoms with Crippen LogP contribution in [0.4, 0.5) is 15.8 Å². The van der Waals surface area contributed by atoms with Crippen molar-refractivity contribution in [1.29, 1.82) is 0 Å². The maximum atomic E-state index is 13.6. The predicted molar refractivity (Wildman–Crippen MR) is 79.5 cm³/mol. The number of nitrogens with one attached hydrogen (secondary N) is 1. The summed E-state index contributed by atoms with van der Waals surface area (Å²) < 4.78 is 14.3. The Morgan fingerprint density at radius 1 is 1.30 bits per heavy atom. The first kappa shape index (κ1) is 14.7. The number of benzene rings is 2. The van der Waals surface area contributed by atoms with E-state index in [0.717, 1.165) is 0 Å². The standard InChI is InChI=1S/C13H9BrClFN2O2/c14-9-2-4-12(11(16)5-9)17-7-8-1-3-10(15)6-13(8)18(19)20/h1-6,17H,7H2. The number of nitro benzene ring substituents is 1. The van der Waals surface area contributed by atoms with Crippen LogP contribution in [0.15, 0.2) is 40.9 Å². The number of nitrogens with zero attached hydrogens (tertiary/aromatic N) is 1. The van der Waals surface area contributed by atoms with Crippen molar-refractivity contribution in [3.63, 3.8) is 0 Å². The first-order valence-corrected chi connectivity index (χ1v) is 6.76. The highest BCUT2D eigenvalue weighted by atomic mass is 79.9. The SMILES string of the molecule is O=[N+]([O-])c1cc(Cl)ccc1CNc1ccc(Br)cc1F. The van der Waals surface area contributed by atoms with Gasteiger partial charge in [-0.25, -0.2) is 4.39 Å². The van der Waals surface area contributed by atoms with Gasteiger partial charge >= 0.3 is 0 Å². The molecule has 0 bridgehead atoms. The zero-order valence-corrected chi connectivity index (χ0v) is 12.4. The van der Waals surface area contributed by atoms with Crippen LogP contribution in [0.2, 0.25) is 5.02 Å². The molecule has 2 aromatic rings. The van der Waals surface area contributed by atoms with Gasteiger partial charge in [0, 0.05) is 27.7 Å². The maximum absolute atomic E-state index is 13.6. The van der Waals surface area contributed by atoms with Crippen LogP contribution >= 0.6 is 27.5 Å². The average molecular weight is 360 g/mol. The number of anilines is 1. The molecule has 4 nitrogen and oxygen atoms in total. The van der Waals surface area contributed by atoms with Crippen LogP contribution < -0.4 is 5.32 Å². The fraction of sp³-hybridized carbons (Fsp3) is 0.0769. The smallest absolute Gasteiger partial charge is 0.275 e. The summed E-state index contributed by atoms with van der Waals surface area (Å²) in [6, 6.07) is 8.94. The summed E-state index contributed by atoms with van der Waals surface area (Å²) >= 11 is 8.89. The van der Waals surface area contributed by atoms with E-state index in [1.807, 2.05) is 0 Å². The van der Waals surface area contributed by atoms with Crippen molar-refractivity contribution in [1.82, 2.24) is 0 Å². The summed E-state index contributed by atoms with van der Waals surface area (Å²) in [7, 11) is 0. The number of rotatable bonds is 4. The fourth-order valence-corrected chi connectivity index (χ4v) is 2.18. The summed E-state index contributed by atoms with van der Waals surface area (Å²) in [5, 5.41) is 14.1. The van der Waals surface area contributed by atoms with E-state index in [9.17, 15) is 14.5 Å². The van der Waals surface area contributed by atoms with Crippen molar-refractivity contribution in [3.8, 4) is 0 Å². The van der Waals surface area contributed by atoms with Gasteiger partial charge in [0.1, 0.15) is 5.82 Å². The number of halogens is 3. The van der Waals surface area contributed by atoms with E-state index in [4.69, 9.17) is 11.6 Å². The van der Waals surface area contributed by atoms with Gasteiger partial charge in [-0.1, -0.05) is 27.5 Å². The minimum Gasteiger partial charge on any atom is -0.378 e. The van der Waals surface area contributed by atoms with Gasteiger partial charge in [-0.3, -0.25) is 10.1 Å². The lowest BCUT2D eigenvalue weighted by Gasteiger charge is -2.08. The molecule has 0 aliphatic rings. The quantitative estimate of drug-likeness (QED) is 0.632. The third-order valence-corrected chi connectivity index (χ3v) is 3.37. The number of hydrogen-bond donors (Lipinski definition) is 1. The Balaban J connectivity index is 2.20. The molecule has 0 heterocycles. The number of hydrogen-bond acceptors (Lipinski definition) is 3. The molecule has 0 atom stereocenters. The van der Waals surface area contributed by atoms with Crippen LogP contribution in [0, 0.1) is 15.9 Å². The summed E-state index contributed by atoms with van der Waals surface area (Å²) in [4.78, 5) is 10.4. The van der Waals surface area contributed by atoms with E-state index >= 15 is 0 Å². The van der Waals surface area contributed by atoms with Crippen molar-refractivity contribution in [2.75, 3.05) is 5.32 Å². The highest BCUT2D eigenvalue weighted by molar-refractivity contribution is 9.10. The molecule has 0 fully saturated rings. The lowest BCUT2D eigenvalue weighted by Crippen LogP contribution is -2.04. The van der Waals surface area contributed by atoms with Crippen LogP contribution in [-0.2, 0) is 6.54 Å². The molecule has 0 aliphatic heterocycles. The minimum absolute atomic E-state index is 0.0949. The topological polar surface area (TPSA) is 55.2 Å². The van der Waals surface area contributed by atoms with Crippen LogP contribution in [0.5, 0.6) is 0 Å². The lowest BCUT2D eigenvalue weighted by molar-refractivity contribution is -0.385. The molecule has 0 radical (unpaired) electrons. The van der Waals surface area contributed by atoms with Crippen LogP contribution in [-0.4, -0.2) is 4.92 Å². The first-order valence-electron chi connectivity index (χ1n) is 5.59. The van der Waals surface area contributed by atoms with E-state index in [0.29, 0.717) is 10.0 Å². The Hall–Kier alpha value is -1.66.